The molecule has 1 amide bonds. The van der Waals surface area contributed by atoms with Gasteiger partial charge in [-0.05, 0) is 24.4 Å². The number of carbonyl (C=O) groups excluding carboxylic acids is 1. The highest BCUT2D eigenvalue weighted by atomic mass is 16.1. The van der Waals surface area contributed by atoms with E-state index in [2.05, 4.69) is 24.4 Å². The summed E-state index contributed by atoms with van der Waals surface area (Å²) < 4.78 is 0. The SMILES string of the molecule is CCC(CN)CC(=O)NCCc1ccccc1. The Bertz CT molecular complexity index is 320. The van der Waals surface area contributed by atoms with Crippen molar-refractivity contribution in [3.63, 3.8) is 0 Å². The molecular formula is C14H22N2O. The summed E-state index contributed by atoms with van der Waals surface area (Å²) in [5.41, 5.74) is 6.82. The number of benzene rings is 1. The normalized spacial score (nSPS) is 12.1. The Morgan fingerprint density at radius 2 is 2.06 bits per heavy atom. The maximum Gasteiger partial charge on any atom is 0.220 e. The minimum Gasteiger partial charge on any atom is -0.356 e. The molecule has 1 atom stereocenters. The van der Waals surface area contributed by atoms with Crippen LogP contribution >= 0.6 is 0 Å². The first-order valence-electron chi connectivity index (χ1n) is 6.27. The van der Waals surface area contributed by atoms with Gasteiger partial charge in [0.2, 0.25) is 5.91 Å². The second kappa shape index (κ2) is 7.85. The number of hydrogen-bond acceptors (Lipinski definition) is 2. The van der Waals surface area contributed by atoms with Crippen molar-refractivity contribution in [3.8, 4) is 0 Å². The van der Waals surface area contributed by atoms with Crippen LogP contribution in [0.1, 0.15) is 25.3 Å². The van der Waals surface area contributed by atoms with E-state index in [4.69, 9.17) is 5.73 Å². The Labute approximate surface area is 103 Å². The van der Waals surface area contributed by atoms with E-state index in [1.165, 1.54) is 5.56 Å². The molecule has 0 aromatic heterocycles. The van der Waals surface area contributed by atoms with Crippen LogP contribution in [0.2, 0.25) is 0 Å². The van der Waals surface area contributed by atoms with E-state index < -0.39 is 0 Å². The summed E-state index contributed by atoms with van der Waals surface area (Å²) >= 11 is 0. The van der Waals surface area contributed by atoms with Gasteiger partial charge in [-0.3, -0.25) is 4.79 Å². The highest BCUT2D eigenvalue weighted by Gasteiger charge is 2.09. The average Bonchev–Trinajstić information content (AvgIpc) is 2.37. The van der Waals surface area contributed by atoms with E-state index in [0.717, 1.165) is 12.8 Å². The molecule has 0 aliphatic carbocycles. The molecule has 0 heterocycles. The van der Waals surface area contributed by atoms with E-state index in [9.17, 15) is 4.79 Å². The number of nitrogens with one attached hydrogen (secondary N) is 1. The molecule has 0 bridgehead atoms. The number of carbonyl (C=O) groups is 1. The molecule has 0 saturated carbocycles. The fourth-order valence-corrected chi connectivity index (χ4v) is 1.72. The third-order valence-corrected chi connectivity index (χ3v) is 2.96. The Morgan fingerprint density at radius 1 is 1.35 bits per heavy atom. The van der Waals surface area contributed by atoms with Gasteiger partial charge in [-0.15, -0.1) is 0 Å². The summed E-state index contributed by atoms with van der Waals surface area (Å²) in [7, 11) is 0. The molecule has 3 nitrogen and oxygen atoms in total. The van der Waals surface area contributed by atoms with Crippen molar-refractivity contribution in [2.45, 2.75) is 26.2 Å². The molecule has 0 aliphatic heterocycles. The molecule has 0 fully saturated rings. The second-order valence-electron chi connectivity index (χ2n) is 4.30. The summed E-state index contributed by atoms with van der Waals surface area (Å²) in [4.78, 5) is 11.6. The van der Waals surface area contributed by atoms with Crippen LogP contribution in [0.3, 0.4) is 0 Å². The van der Waals surface area contributed by atoms with Crippen LogP contribution in [0.4, 0.5) is 0 Å². The maximum atomic E-state index is 11.6. The van der Waals surface area contributed by atoms with Gasteiger partial charge in [0.1, 0.15) is 0 Å². The van der Waals surface area contributed by atoms with Gasteiger partial charge < -0.3 is 11.1 Å². The molecule has 3 heteroatoms. The van der Waals surface area contributed by atoms with Crippen LogP contribution in [0.25, 0.3) is 0 Å². The quantitative estimate of drug-likeness (QED) is 0.754. The van der Waals surface area contributed by atoms with Crippen molar-refractivity contribution in [2.24, 2.45) is 11.7 Å². The zero-order valence-corrected chi connectivity index (χ0v) is 10.5. The average molecular weight is 234 g/mol. The molecule has 0 saturated heterocycles. The van der Waals surface area contributed by atoms with Crippen molar-refractivity contribution in [2.75, 3.05) is 13.1 Å². The lowest BCUT2D eigenvalue weighted by atomic mass is 10.0. The molecule has 0 radical (unpaired) electrons. The summed E-state index contributed by atoms with van der Waals surface area (Å²) in [5.74, 6) is 0.421. The van der Waals surface area contributed by atoms with Gasteiger partial charge in [0.05, 0.1) is 0 Å². The second-order valence-corrected chi connectivity index (χ2v) is 4.30. The number of rotatable bonds is 7. The van der Waals surface area contributed by atoms with Gasteiger partial charge in [0.25, 0.3) is 0 Å². The van der Waals surface area contributed by atoms with Gasteiger partial charge >= 0.3 is 0 Å². The Morgan fingerprint density at radius 3 is 2.65 bits per heavy atom. The first kappa shape index (κ1) is 13.7. The minimum absolute atomic E-state index is 0.109. The first-order valence-corrected chi connectivity index (χ1v) is 6.27. The predicted octanol–water partition coefficient (Wildman–Crippen LogP) is 1.72. The van der Waals surface area contributed by atoms with E-state index in [1.54, 1.807) is 0 Å². The largest absolute Gasteiger partial charge is 0.356 e. The fourth-order valence-electron chi connectivity index (χ4n) is 1.72. The first-order chi connectivity index (χ1) is 8.26. The van der Waals surface area contributed by atoms with Crippen LogP contribution in [-0.2, 0) is 11.2 Å². The predicted molar refractivity (Wildman–Crippen MR) is 70.6 cm³/mol. The highest BCUT2D eigenvalue weighted by Crippen LogP contribution is 2.05. The van der Waals surface area contributed by atoms with Gasteiger partial charge in [0.15, 0.2) is 0 Å². The van der Waals surface area contributed by atoms with Gasteiger partial charge in [-0.1, -0.05) is 43.7 Å². The standard InChI is InChI=1S/C14H22N2O/c1-2-12(11-15)10-14(17)16-9-8-13-6-4-3-5-7-13/h3-7,12H,2,8-11,15H2,1H3,(H,16,17). The Hall–Kier alpha value is -1.35. The van der Waals surface area contributed by atoms with E-state index in [-0.39, 0.29) is 5.91 Å². The molecule has 1 aromatic rings. The smallest absolute Gasteiger partial charge is 0.220 e. The van der Waals surface area contributed by atoms with Crippen molar-refractivity contribution in [1.29, 1.82) is 0 Å². The zero-order chi connectivity index (χ0) is 12.5. The molecule has 0 spiro atoms. The van der Waals surface area contributed by atoms with Gasteiger partial charge in [0, 0.05) is 13.0 Å². The fraction of sp³-hybridized carbons (Fsp3) is 0.500. The molecule has 1 aromatic carbocycles. The van der Waals surface area contributed by atoms with E-state index >= 15 is 0 Å². The Balaban J connectivity index is 2.20. The molecule has 17 heavy (non-hydrogen) atoms. The lowest BCUT2D eigenvalue weighted by Gasteiger charge is -2.11. The maximum absolute atomic E-state index is 11.6. The minimum atomic E-state index is 0.109. The Kier molecular flexibility index (Phi) is 6.33. The van der Waals surface area contributed by atoms with Crippen LogP contribution in [0.15, 0.2) is 30.3 Å². The van der Waals surface area contributed by atoms with Crippen molar-refractivity contribution >= 4 is 5.91 Å². The molecule has 3 N–H and O–H groups in total. The van der Waals surface area contributed by atoms with Crippen molar-refractivity contribution in [3.05, 3.63) is 35.9 Å². The molecule has 0 aliphatic rings. The number of hydrogen-bond donors (Lipinski definition) is 2. The highest BCUT2D eigenvalue weighted by molar-refractivity contribution is 5.76. The molecule has 1 unspecified atom stereocenters. The lowest BCUT2D eigenvalue weighted by molar-refractivity contribution is -0.121. The summed E-state index contributed by atoms with van der Waals surface area (Å²) in [6.45, 7) is 3.35. The summed E-state index contributed by atoms with van der Waals surface area (Å²) in [6.07, 6.45) is 2.39. The molecule has 94 valence electrons. The monoisotopic (exact) mass is 234 g/mol. The zero-order valence-electron chi connectivity index (χ0n) is 10.5. The van der Waals surface area contributed by atoms with E-state index in [1.807, 2.05) is 18.2 Å². The number of amides is 1. The third kappa shape index (κ3) is 5.50. The van der Waals surface area contributed by atoms with Crippen LogP contribution in [0.5, 0.6) is 0 Å². The third-order valence-electron chi connectivity index (χ3n) is 2.96. The molecular weight excluding hydrogens is 212 g/mol. The van der Waals surface area contributed by atoms with Crippen molar-refractivity contribution < 1.29 is 4.79 Å². The van der Waals surface area contributed by atoms with Gasteiger partial charge in [-0.25, -0.2) is 0 Å². The van der Waals surface area contributed by atoms with Crippen LogP contribution in [-0.4, -0.2) is 19.0 Å². The van der Waals surface area contributed by atoms with Crippen LogP contribution in [0, 0.1) is 5.92 Å². The topological polar surface area (TPSA) is 55.1 Å². The van der Waals surface area contributed by atoms with E-state index in [0.29, 0.717) is 25.4 Å². The van der Waals surface area contributed by atoms with Crippen LogP contribution < -0.4 is 11.1 Å². The summed E-state index contributed by atoms with van der Waals surface area (Å²) in [6, 6.07) is 10.2. The van der Waals surface area contributed by atoms with Crippen molar-refractivity contribution in [1.82, 2.24) is 5.32 Å². The van der Waals surface area contributed by atoms with Gasteiger partial charge in [-0.2, -0.15) is 0 Å². The molecule has 1 rings (SSSR count). The summed E-state index contributed by atoms with van der Waals surface area (Å²) in [5, 5.41) is 2.94. The number of nitrogens with two attached hydrogens (primary N) is 1. The lowest BCUT2D eigenvalue weighted by Crippen LogP contribution is -2.29.